The Kier molecular flexibility index (Phi) is 6.12. The molecule has 1 aliphatic heterocycles. The van der Waals surface area contributed by atoms with Gasteiger partial charge in [-0.15, -0.1) is 0 Å². The maximum atomic E-state index is 12.6. The highest BCUT2D eigenvalue weighted by atomic mass is 16.2. The van der Waals surface area contributed by atoms with E-state index in [4.69, 9.17) is 11.5 Å². The zero-order valence-corrected chi connectivity index (χ0v) is 13.6. The van der Waals surface area contributed by atoms with Crippen LogP contribution in [-0.2, 0) is 9.59 Å². The van der Waals surface area contributed by atoms with Crippen molar-refractivity contribution >= 4 is 11.8 Å². The molecule has 6 nitrogen and oxygen atoms in total. The summed E-state index contributed by atoms with van der Waals surface area (Å²) in [5.41, 5.74) is 13.4. The Morgan fingerprint density at radius 3 is 2.70 bits per heavy atom. The van der Waals surface area contributed by atoms with Crippen molar-refractivity contribution in [1.82, 2.24) is 10.2 Å². The van der Waals surface area contributed by atoms with Crippen molar-refractivity contribution in [2.45, 2.75) is 25.8 Å². The first-order valence-corrected chi connectivity index (χ1v) is 8.11. The highest BCUT2D eigenvalue weighted by molar-refractivity contribution is 5.85. The van der Waals surface area contributed by atoms with E-state index in [1.807, 2.05) is 31.2 Å². The number of benzene rings is 1. The number of nitrogens with one attached hydrogen (secondary N) is 1. The molecule has 1 saturated heterocycles. The van der Waals surface area contributed by atoms with Crippen LogP contribution < -0.4 is 16.8 Å². The van der Waals surface area contributed by atoms with Gasteiger partial charge in [-0.1, -0.05) is 29.8 Å². The summed E-state index contributed by atoms with van der Waals surface area (Å²) in [7, 11) is 0. The van der Waals surface area contributed by atoms with Gasteiger partial charge in [0.05, 0.1) is 5.92 Å². The number of carbonyl (C=O) groups excluding carboxylic acids is 2. The average Bonchev–Trinajstić information content (AvgIpc) is 2.59. The van der Waals surface area contributed by atoms with Crippen molar-refractivity contribution in [3.8, 4) is 0 Å². The zero-order valence-electron chi connectivity index (χ0n) is 13.6. The summed E-state index contributed by atoms with van der Waals surface area (Å²) in [5.74, 6) is -0.327. The number of likely N-dealkylation sites (tertiary alicyclic amines) is 1. The molecule has 1 fully saturated rings. The third-order valence-corrected chi connectivity index (χ3v) is 4.25. The molecule has 5 N–H and O–H groups in total. The average molecular weight is 318 g/mol. The lowest BCUT2D eigenvalue weighted by molar-refractivity contribution is -0.137. The van der Waals surface area contributed by atoms with Crippen LogP contribution in [0.1, 0.15) is 30.0 Å². The zero-order chi connectivity index (χ0) is 16.8. The van der Waals surface area contributed by atoms with Crippen LogP contribution in [0.4, 0.5) is 0 Å². The molecule has 1 aromatic carbocycles. The number of hydrogen-bond donors (Lipinski definition) is 3. The molecule has 126 valence electrons. The minimum Gasteiger partial charge on any atom is -0.355 e. The minimum absolute atomic E-state index is 0.0307. The van der Waals surface area contributed by atoms with E-state index in [1.54, 1.807) is 4.90 Å². The first-order chi connectivity index (χ1) is 11.0. The number of amides is 2. The van der Waals surface area contributed by atoms with E-state index in [1.165, 1.54) is 0 Å². The summed E-state index contributed by atoms with van der Waals surface area (Å²) in [6, 6.07) is 6.98. The highest BCUT2D eigenvalue weighted by Gasteiger charge is 2.30. The van der Waals surface area contributed by atoms with Crippen LogP contribution in [0, 0.1) is 12.8 Å². The fourth-order valence-corrected chi connectivity index (χ4v) is 2.84. The van der Waals surface area contributed by atoms with Crippen LogP contribution in [0.15, 0.2) is 24.3 Å². The molecule has 0 aliphatic carbocycles. The normalized spacial score (nSPS) is 19.3. The molecule has 0 bridgehead atoms. The summed E-state index contributed by atoms with van der Waals surface area (Å²) in [5, 5.41) is 2.80. The van der Waals surface area contributed by atoms with Crippen molar-refractivity contribution in [3.63, 3.8) is 0 Å². The lowest BCUT2D eigenvalue weighted by Crippen LogP contribution is -2.48. The smallest absolute Gasteiger partial charge is 0.244 e. The third kappa shape index (κ3) is 4.53. The van der Waals surface area contributed by atoms with E-state index in [0.29, 0.717) is 26.2 Å². The second-order valence-corrected chi connectivity index (χ2v) is 6.09. The Balaban J connectivity index is 1.98. The summed E-state index contributed by atoms with van der Waals surface area (Å²) in [6.07, 6.45) is 1.60. The molecule has 2 amide bonds. The van der Waals surface area contributed by atoms with Gasteiger partial charge in [0.25, 0.3) is 0 Å². The molecule has 2 atom stereocenters. The van der Waals surface area contributed by atoms with Crippen LogP contribution in [-0.4, -0.2) is 42.9 Å². The number of aryl methyl sites for hydroxylation is 1. The van der Waals surface area contributed by atoms with Crippen LogP contribution in [0.2, 0.25) is 0 Å². The number of rotatable bonds is 5. The van der Waals surface area contributed by atoms with Gasteiger partial charge in [-0.25, -0.2) is 0 Å². The van der Waals surface area contributed by atoms with Gasteiger partial charge in [-0.05, 0) is 25.3 Å². The van der Waals surface area contributed by atoms with Crippen LogP contribution in [0.5, 0.6) is 0 Å². The number of nitrogens with two attached hydrogens (primary N) is 2. The molecule has 0 spiro atoms. The fourth-order valence-electron chi connectivity index (χ4n) is 2.84. The van der Waals surface area contributed by atoms with Gasteiger partial charge >= 0.3 is 0 Å². The molecule has 6 heteroatoms. The van der Waals surface area contributed by atoms with E-state index >= 15 is 0 Å². The Hall–Kier alpha value is -1.92. The van der Waals surface area contributed by atoms with Crippen molar-refractivity contribution in [2.24, 2.45) is 17.4 Å². The lowest BCUT2D eigenvalue weighted by Gasteiger charge is -2.33. The Morgan fingerprint density at radius 1 is 1.35 bits per heavy atom. The van der Waals surface area contributed by atoms with Gasteiger partial charge in [0, 0.05) is 26.2 Å². The van der Waals surface area contributed by atoms with Gasteiger partial charge in [-0.2, -0.15) is 0 Å². The van der Waals surface area contributed by atoms with Crippen molar-refractivity contribution in [1.29, 1.82) is 0 Å². The minimum atomic E-state index is -0.679. The van der Waals surface area contributed by atoms with E-state index in [0.717, 1.165) is 24.0 Å². The predicted octanol–water partition coefficient (Wildman–Crippen LogP) is 0.308. The summed E-state index contributed by atoms with van der Waals surface area (Å²) >= 11 is 0. The maximum Gasteiger partial charge on any atom is 0.244 e. The maximum absolute atomic E-state index is 12.6. The van der Waals surface area contributed by atoms with E-state index in [2.05, 4.69) is 5.32 Å². The molecule has 0 aromatic heterocycles. The Labute approximate surface area is 137 Å². The summed E-state index contributed by atoms with van der Waals surface area (Å²) in [4.78, 5) is 26.4. The fraction of sp³-hybridized carbons (Fsp3) is 0.529. The quantitative estimate of drug-likeness (QED) is 0.727. The van der Waals surface area contributed by atoms with Crippen LogP contribution >= 0.6 is 0 Å². The molecular formula is C17H26N4O2. The first-order valence-electron chi connectivity index (χ1n) is 8.11. The SMILES string of the molecule is Cc1ccc(C(N)C(=O)N2CCCC(C(=O)NCCN)C2)cc1. The van der Waals surface area contributed by atoms with Crippen LogP contribution in [0.25, 0.3) is 0 Å². The molecule has 23 heavy (non-hydrogen) atoms. The molecule has 1 heterocycles. The molecular weight excluding hydrogens is 292 g/mol. The topological polar surface area (TPSA) is 101 Å². The Bertz CT molecular complexity index is 544. The van der Waals surface area contributed by atoms with Crippen molar-refractivity contribution < 1.29 is 9.59 Å². The van der Waals surface area contributed by atoms with Gasteiger partial charge in [-0.3, -0.25) is 9.59 Å². The second kappa shape index (κ2) is 8.08. The number of piperidine rings is 1. The molecule has 1 aliphatic rings. The number of carbonyl (C=O) groups is 2. The van der Waals surface area contributed by atoms with Gasteiger partial charge in [0.15, 0.2) is 0 Å². The number of nitrogens with zero attached hydrogens (tertiary/aromatic N) is 1. The monoisotopic (exact) mass is 318 g/mol. The Morgan fingerprint density at radius 2 is 2.04 bits per heavy atom. The molecule has 1 aromatic rings. The molecule has 0 saturated carbocycles. The van der Waals surface area contributed by atoms with Crippen molar-refractivity contribution in [3.05, 3.63) is 35.4 Å². The van der Waals surface area contributed by atoms with Gasteiger partial charge < -0.3 is 21.7 Å². The molecule has 2 unspecified atom stereocenters. The van der Waals surface area contributed by atoms with E-state index < -0.39 is 6.04 Å². The summed E-state index contributed by atoms with van der Waals surface area (Å²) < 4.78 is 0. The largest absolute Gasteiger partial charge is 0.355 e. The van der Waals surface area contributed by atoms with E-state index in [-0.39, 0.29) is 17.7 Å². The number of hydrogen-bond acceptors (Lipinski definition) is 4. The van der Waals surface area contributed by atoms with Crippen LogP contribution in [0.3, 0.4) is 0 Å². The first kappa shape index (κ1) is 17.4. The molecule has 0 radical (unpaired) electrons. The summed E-state index contributed by atoms with van der Waals surface area (Å²) in [6.45, 7) is 3.95. The predicted molar refractivity (Wildman–Crippen MR) is 89.5 cm³/mol. The lowest BCUT2D eigenvalue weighted by atomic mass is 9.95. The second-order valence-electron chi connectivity index (χ2n) is 6.09. The van der Waals surface area contributed by atoms with Gasteiger partial charge in [0.2, 0.25) is 11.8 Å². The third-order valence-electron chi connectivity index (χ3n) is 4.25. The van der Waals surface area contributed by atoms with E-state index in [9.17, 15) is 9.59 Å². The molecule has 2 rings (SSSR count). The highest BCUT2D eigenvalue weighted by Crippen LogP contribution is 2.21. The van der Waals surface area contributed by atoms with Crippen molar-refractivity contribution in [2.75, 3.05) is 26.2 Å². The van der Waals surface area contributed by atoms with Gasteiger partial charge in [0.1, 0.15) is 6.04 Å². The standard InChI is InChI=1S/C17H26N4O2/c1-12-4-6-13(7-5-12)15(19)17(23)21-10-2-3-14(11-21)16(22)20-9-8-18/h4-7,14-15H,2-3,8-11,18-19H2,1H3,(H,20,22).